The zero-order valence-corrected chi connectivity index (χ0v) is 11.3. The van der Waals surface area contributed by atoms with Gasteiger partial charge in [-0.15, -0.1) is 0 Å². The molecule has 1 atom stereocenters. The van der Waals surface area contributed by atoms with Crippen LogP contribution in [0.25, 0.3) is 6.08 Å². The van der Waals surface area contributed by atoms with Crippen molar-refractivity contribution in [2.75, 3.05) is 6.54 Å². The largest absolute Gasteiger partial charge is 0.314 e. The summed E-state index contributed by atoms with van der Waals surface area (Å²) in [5, 5.41) is 3.55. The average molecular weight is 247 g/mol. The third kappa shape index (κ3) is 3.67. The highest BCUT2D eigenvalue weighted by Crippen LogP contribution is 2.19. The van der Waals surface area contributed by atoms with Crippen molar-refractivity contribution in [1.29, 1.82) is 0 Å². The van der Waals surface area contributed by atoms with Crippen LogP contribution >= 0.6 is 0 Å². The average Bonchev–Trinajstić information content (AvgIpc) is 2.35. The lowest BCUT2D eigenvalue weighted by atomic mass is 9.96. The Bertz CT molecular complexity index is 431. The van der Waals surface area contributed by atoms with Gasteiger partial charge < -0.3 is 5.32 Å². The number of hydrogen-bond acceptors (Lipinski definition) is 1. The van der Waals surface area contributed by atoms with Gasteiger partial charge in [0.05, 0.1) is 0 Å². The van der Waals surface area contributed by atoms with Crippen molar-refractivity contribution < 1.29 is 4.39 Å². The van der Waals surface area contributed by atoms with Crippen molar-refractivity contribution >= 4 is 6.08 Å². The zero-order chi connectivity index (χ0) is 13.0. The van der Waals surface area contributed by atoms with Crippen LogP contribution in [0.5, 0.6) is 0 Å². The van der Waals surface area contributed by atoms with Crippen LogP contribution in [-0.2, 0) is 0 Å². The Hall–Kier alpha value is -1.15. The van der Waals surface area contributed by atoms with Crippen LogP contribution in [0.3, 0.4) is 0 Å². The number of piperidine rings is 1. The lowest BCUT2D eigenvalue weighted by molar-refractivity contribution is 0.399. The molecule has 0 amide bonds. The first kappa shape index (κ1) is 13.3. The van der Waals surface area contributed by atoms with Crippen LogP contribution in [0.1, 0.15) is 43.7 Å². The zero-order valence-electron chi connectivity index (χ0n) is 11.3. The molecule has 1 nitrogen and oxygen atoms in total. The summed E-state index contributed by atoms with van der Waals surface area (Å²) in [7, 11) is 0. The molecule has 1 aliphatic rings. The van der Waals surface area contributed by atoms with Gasteiger partial charge in [-0.1, -0.05) is 24.1 Å². The molecule has 0 bridgehead atoms. The molecule has 18 heavy (non-hydrogen) atoms. The molecule has 0 saturated carbocycles. The van der Waals surface area contributed by atoms with Gasteiger partial charge in [0, 0.05) is 6.04 Å². The molecule has 1 N–H and O–H groups in total. The van der Waals surface area contributed by atoms with Crippen molar-refractivity contribution in [2.24, 2.45) is 0 Å². The van der Waals surface area contributed by atoms with E-state index in [1.807, 2.05) is 13.0 Å². The van der Waals surface area contributed by atoms with Crippen molar-refractivity contribution in [3.8, 4) is 0 Å². The smallest absolute Gasteiger partial charge is 0.123 e. The van der Waals surface area contributed by atoms with Crippen LogP contribution in [-0.4, -0.2) is 12.6 Å². The second-order valence-electron chi connectivity index (χ2n) is 5.34. The van der Waals surface area contributed by atoms with Gasteiger partial charge in [-0.25, -0.2) is 4.39 Å². The fourth-order valence-electron chi connectivity index (χ4n) is 2.58. The van der Waals surface area contributed by atoms with Gasteiger partial charge in [0.2, 0.25) is 0 Å². The minimum absolute atomic E-state index is 0.157. The third-order valence-corrected chi connectivity index (χ3v) is 3.62. The first-order valence-corrected chi connectivity index (χ1v) is 6.82. The number of rotatable bonds is 3. The Morgan fingerprint density at radius 3 is 3.00 bits per heavy atom. The topological polar surface area (TPSA) is 12.0 Å². The van der Waals surface area contributed by atoms with Crippen molar-refractivity contribution in [3.05, 3.63) is 40.7 Å². The van der Waals surface area contributed by atoms with Gasteiger partial charge >= 0.3 is 0 Å². The maximum absolute atomic E-state index is 13.2. The minimum Gasteiger partial charge on any atom is -0.314 e. The molecule has 1 aliphatic heterocycles. The van der Waals surface area contributed by atoms with Gasteiger partial charge in [0.15, 0.2) is 0 Å². The van der Waals surface area contributed by atoms with Gasteiger partial charge in [-0.05, 0) is 62.9 Å². The fraction of sp³-hybridized carbons (Fsp3) is 0.500. The Labute approximate surface area is 109 Å². The monoisotopic (exact) mass is 247 g/mol. The third-order valence-electron chi connectivity index (χ3n) is 3.62. The van der Waals surface area contributed by atoms with Gasteiger partial charge in [0.1, 0.15) is 5.82 Å². The van der Waals surface area contributed by atoms with Gasteiger partial charge in [-0.3, -0.25) is 0 Å². The molecule has 0 spiro atoms. The Balaban J connectivity index is 2.04. The molecule has 1 unspecified atom stereocenters. The minimum atomic E-state index is -0.157. The number of benzene rings is 1. The van der Waals surface area contributed by atoms with Gasteiger partial charge in [-0.2, -0.15) is 0 Å². The maximum Gasteiger partial charge on any atom is 0.123 e. The van der Waals surface area contributed by atoms with E-state index in [-0.39, 0.29) is 5.82 Å². The summed E-state index contributed by atoms with van der Waals surface area (Å²) in [6, 6.07) is 5.58. The molecule has 1 saturated heterocycles. The molecule has 0 aromatic heterocycles. The van der Waals surface area contributed by atoms with E-state index in [9.17, 15) is 4.39 Å². The standard InChI is InChI=1S/C16H22FN/c1-12(10-16-5-3-4-8-18-16)9-14-11-15(17)7-6-13(14)2/h6-7,9,11,16,18H,3-5,8,10H2,1-2H3/b12-9-. The molecule has 0 radical (unpaired) electrons. The van der Waals surface area contributed by atoms with E-state index in [4.69, 9.17) is 0 Å². The predicted octanol–water partition coefficient (Wildman–Crippen LogP) is 4.07. The lowest BCUT2D eigenvalue weighted by Gasteiger charge is -2.23. The molecule has 1 aromatic carbocycles. The maximum atomic E-state index is 13.2. The molecular weight excluding hydrogens is 225 g/mol. The summed E-state index contributed by atoms with van der Waals surface area (Å²) in [6.07, 6.45) is 7.06. The number of nitrogens with one attached hydrogen (secondary N) is 1. The van der Waals surface area contributed by atoms with Crippen LogP contribution in [0, 0.1) is 12.7 Å². The van der Waals surface area contributed by atoms with E-state index in [0.29, 0.717) is 6.04 Å². The van der Waals surface area contributed by atoms with E-state index >= 15 is 0 Å². The van der Waals surface area contributed by atoms with Crippen LogP contribution in [0.15, 0.2) is 23.8 Å². The first-order valence-electron chi connectivity index (χ1n) is 6.82. The number of halogens is 1. The van der Waals surface area contributed by atoms with E-state index < -0.39 is 0 Å². The van der Waals surface area contributed by atoms with Gasteiger partial charge in [0.25, 0.3) is 0 Å². The summed E-state index contributed by atoms with van der Waals surface area (Å²) in [4.78, 5) is 0. The summed E-state index contributed by atoms with van der Waals surface area (Å²) in [6.45, 7) is 5.30. The molecule has 1 aromatic rings. The molecule has 2 rings (SSSR count). The highest BCUT2D eigenvalue weighted by atomic mass is 19.1. The Morgan fingerprint density at radius 1 is 1.44 bits per heavy atom. The summed E-state index contributed by atoms with van der Waals surface area (Å²) in [5.41, 5.74) is 3.46. The second-order valence-corrected chi connectivity index (χ2v) is 5.34. The van der Waals surface area contributed by atoms with E-state index in [0.717, 1.165) is 24.1 Å². The molecule has 1 fully saturated rings. The number of hydrogen-bond donors (Lipinski definition) is 1. The predicted molar refractivity (Wildman–Crippen MR) is 75.0 cm³/mol. The fourth-order valence-corrected chi connectivity index (χ4v) is 2.58. The quantitative estimate of drug-likeness (QED) is 0.849. The Kier molecular flexibility index (Phi) is 4.54. The van der Waals surface area contributed by atoms with E-state index in [1.165, 1.54) is 30.9 Å². The molecule has 1 heterocycles. The molecule has 2 heteroatoms. The number of aryl methyl sites for hydroxylation is 1. The van der Waals surface area contributed by atoms with E-state index in [2.05, 4.69) is 18.3 Å². The normalized spacial score (nSPS) is 21.1. The summed E-state index contributed by atoms with van der Waals surface area (Å²) in [5.74, 6) is -0.157. The molecule has 0 aliphatic carbocycles. The molecule has 98 valence electrons. The van der Waals surface area contributed by atoms with Crippen molar-refractivity contribution in [2.45, 2.75) is 45.6 Å². The SMILES string of the molecule is C/C(=C/c1cc(F)ccc1C)CC1CCCCN1. The second kappa shape index (κ2) is 6.14. The van der Waals surface area contributed by atoms with Crippen molar-refractivity contribution in [1.82, 2.24) is 5.32 Å². The van der Waals surface area contributed by atoms with Crippen LogP contribution in [0.2, 0.25) is 0 Å². The van der Waals surface area contributed by atoms with Crippen LogP contribution in [0.4, 0.5) is 4.39 Å². The van der Waals surface area contributed by atoms with Crippen molar-refractivity contribution in [3.63, 3.8) is 0 Å². The summed E-state index contributed by atoms with van der Waals surface area (Å²) < 4.78 is 13.2. The first-order chi connectivity index (χ1) is 8.65. The van der Waals surface area contributed by atoms with Crippen LogP contribution < -0.4 is 5.32 Å². The lowest BCUT2D eigenvalue weighted by Crippen LogP contribution is -2.33. The highest BCUT2D eigenvalue weighted by Gasteiger charge is 2.12. The summed E-state index contributed by atoms with van der Waals surface area (Å²) >= 11 is 0. The highest BCUT2D eigenvalue weighted by molar-refractivity contribution is 5.56. The van der Waals surface area contributed by atoms with E-state index in [1.54, 1.807) is 6.07 Å². The molecular formula is C16H22FN. The Morgan fingerprint density at radius 2 is 2.28 bits per heavy atom.